The molecular weight excluding hydrogens is 557 g/mol. The van der Waals surface area contributed by atoms with Gasteiger partial charge in [0.25, 0.3) is 6.71 Å². The molecule has 0 aromatic carbocycles. The van der Waals surface area contributed by atoms with E-state index in [0.29, 0.717) is 33.0 Å². The van der Waals surface area contributed by atoms with Crippen molar-refractivity contribution in [1.82, 2.24) is 19.6 Å². The van der Waals surface area contributed by atoms with Gasteiger partial charge in [0.15, 0.2) is 36.1 Å². The molecule has 2 atom stereocenters. The summed E-state index contributed by atoms with van der Waals surface area (Å²) in [6, 6.07) is 3.56. The van der Waals surface area contributed by atoms with Gasteiger partial charge in [-0.2, -0.15) is 13.3 Å². The predicted octanol–water partition coefficient (Wildman–Crippen LogP) is 6.62. The Bertz CT molecular complexity index is 1280. The molecule has 2 aliphatic rings. The monoisotopic (exact) mass is 578 g/mol. The van der Waals surface area contributed by atoms with E-state index in [-0.39, 0.29) is 43.1 Å². The van der Waals surface area contributed by atoms with Crippen LogP contribution in [0, 0.1) is 11.2 Å². The molecule has 0 aliphatic carbocycles. The van der Waals surface area contributed by atoms with Crippen LogP contribution in [0.1, 0.15) is 56.8 Å². The van der Waals surface area contributed by atoms with Gasteiger partial charge in [-0.3, -0.25) is 4.98 Å². The lowest BCUT2D eigenvalue weighted by Gasteiger charge is -2.30. The maximum absolute atomic E-state index is 13.8. The number of anilines is 1. The van der Waals surface area contributed by atoms with Gasteiger partial charge in [0.1, 0.15) is 5.60 Å². The second kappa shape index (κ2) is 9.54. The molecule has 2 bridgehead atoms. The molecule has 182 valence electrons. The highest BCUT2D eigenvalue weighted by Crippen LogP contribution is 2.55. The lowest BCUT2D eigenvalue weighted by Crippen LogP contribution is -2.27. The Labute approximate surface area is 219 Å². The summed E-state index contributed by atoms with van der Waals surface area (Å²) >= 11 is 3.09. The molecule has 3 aromatic rings. The fraction of sp³-hybridized carbons (Fsp3) is 0.455. The Kier molecular flexibility index (Phi) is 6.76. The van der Waals surface area contributed by atoms with Crippen LogP contribution in [0.4, 0.5) is 13.6 Å². The summed E-state index contributed by atoms with van der Waals surface area (Å²) in [7, 11) is 0. The van der Waals surface area contributed by atoms with Crippen LogP contribution < -0.4 is 3.71 Å². The van der Waals surface area contributed by atoms with Crippen LogP contribution in [0.15, 0.2) is 29.0 Å². The zero-order chi connectivity index (χ0) is 24.9. The normalized spacial score (nSPS) is 22.0. The molecule has 5 rings (SSSR count). The first-order chi connectivity index (χ1) is 16.8. The number of aromatic nitrogens is 4. The lowest BCUT2D eigenvalue weighted by atomic mass is 9.34. The van der Waals surface area contributed by atoms with Crippen molar-refractivity contribution < 1.29 is 12.9 Å². The van der Waals surface area contributed by atoms with Crippen LogP contribution in [0.5, 0.6) is 0 Å². The molecule has 2 saturated heterocycles. The number of hydrogen-bond donors (Lipinski definition) is 1. The summed E-state index contributed by atoms with van der Waals surface area (Å²) in [6.07, 6.45) is 6.91. The van der Waals surface area contributed by atoms with E-state index in [9.17, 15) is 18.1 Å². The summed E-state index contributed by atoms with van der Waals surface area (Å²) in [4.78, 5) is 9.35. The summed E-state index contributed by atoms with van der Waals surface area (Å²) in [5, 5.41) is 24.2. The van der Waals surface area contributed by atoms with Crippen molar-refractivity contribution >= 4 is 58.8 Å². The first kappa shape index (κ1) is 24.8. The molecule has 2 unspecified atom stereocenters. The van der Waals surface area contributed by atoms with Crippen molar-refractivity contribution in [1.29, 1.82) is 5.26 Å². The summed E-state index contributed by atoms with van der Waals surface area (Å²) < 4.78 is 30.3. The van der Waals surface area contributed by atoms with E-state index in [4.69, 9.17) is 4.98 Å². The molecule has 35 heavy (non-hydrogen) atoms. The maximum atomic E-state index is 13.8. The fourth-order valence-corrected chi connectivity index (χ4v) is 7.11. The van der Waals surface area contributed by atoms with Crippen molar-refractivity contribution in [2.75, 3.05) is 3.71 Å². The van der Waals surface area contributed by atoms with E-state index < -0.39 is 5.60 Å². The number of nitrogens with zero attached hydrogens (tertiary/aromatic N) is 6. The van der Waals surface area contributed by atoms with Crippen LogP contribution in [-0.2, 0) is 5.60 Å². The van der Waals surface area contributed by atoms with Crippen molar-refractivity contribution in [3.05, 3.63) is 40.4 Å². The summed E-state index contributed by atoms with van der Waals surface area (Å²) in [5.41, 5.74) is 2.00. The highest BCUT2D eigenvalue weighted by molar-refractivity contribution is 9.10. The van der Waals surface area contributed by atoms with Crippen LogP contribution in [-0.4, -0.2) is 31.4 Å². The van der Waals surface area contributed by atoms with E-state index in [0.717, 1.165) is 40.7 Å². The molecule has 0 spiro atoms. The third kappa shape index (κ3) is 4.32. The van der Waals surface area contributed by atoms with Gasteiger partial charge < -0.3 is 5.11 Å². The Balaban J connectivity index is 1.64. The van der Waals surface area contributed by atoms with E-state index in [1.54, 1.807) is 32.3 Å². The highest BCUT2D eigenvalue weighted by atomic mass is 79.9. The summed E-state index contributed by atoms with van der Waals surface area (Å²) in [6.45, 7) is 3.39. The van der Waals surface area contributed by atoms with Crippen molar-refractivity contribution in [2.45, 2.75) is 62.7 Å². The lowest BCUT2D eigenvalue weighted by molar-refractivity contribution is 0.0739. The SMILES string of the molecule is CC(C)(O)c1ccc(-c2cnn3c(N(SF)SF)c(Br)c(C4CC5CCC(C4)B5C#N)nc23)cn1. The zero-order valence-corrected chi connectivity index (χ0v) is 22.2. The molecule has 7 nitrogen and oxygen atoms in total. The van der Waals surface area contributed by atoms with Gasteiger partial charge in [-0.1, -0.05) is 18.9 Å². The van der Waals surface area contributed by atoms with E-state index in [2.05, 4.69) is 32.0 Å². The highest BCUT2D eigenvalue weighted by Gasteiger charge is 2.47. The number of aliphatic hydroxyl groups is 1. The first-order valence-corrected chi connectivity index (χ1v) is 13.4. The number of pyridine rings is 1. The largest absolute Gasteiger partial charge is 0.384 e. The first-order valence-electron chi connectivity index (χ1n) is 11.3. The zero-order valence-electron chi connectivity index (χ0n) is 19.0. The molecule has 0 saturated carbocycles. The van der Waals surface area contributed by atoms with Gasteiger partial charge in [0.2, 0.25) is 0 Å². The number of rotatable bonds is 6. The van der Waals surface area contributed by atoms with Gasteiger partial charge in [0.05, 0.1) is 22.1 Å². The Hall–Kier alpha value is -1.88. The molecule has 5 heterocycles. The van der Waals surface area contributed by atoms with Crippen LogP contribution in [0.3, 0.4) is 0 Å². The standard InChI is InChI=1S/C22H22BBrF2N6OS2/c1-22(2,33)17-6-3-12(9-28-17)16-10-29-31-20(16)30-19(18(24)21(31)32(34-25)35-26)13-7-14-4-5-15(8-13)23(14)11-27/h3,6,9-10,13-15,33H,4-5,7-8H2,1-2H3. The third-order valence-corrected chi connectivity index (χ3v) is 8.92. The molecule has 3 aromatic heterocycles. The quantitative estimate of drug-likeness (QED) is 0.258. The fourth-order valence-electron chi connectivity index (χ4n) is 5.56. The number of fused-ring (bicyclic) bond motifs is 3. The predicted molar refractivity (Wildman–Crippen MR) is 139 cm³/mol. The van der Waals surface area contributed by atoms with E-state index >= 15 is 0 Å². The molecule has 0 radical (unpaired) electrons. The van der Waals surface area contributed by atoms with Crippen LogP contribution >= 0.6 is 40.6 Å². The van der Waals surface area contributed by atoms with Gasteiger partial charge in [-0.25, -0.2) is 10.2 Å². The van der Waals surface area contributed by atoms with Crippen LogP contribution in [0.25, 0.3) is 16.8 Å². The van der Waals surface area contributed by atoms with Gasteiger partial charge in [-0.15, -0.1) is 7.77 Å². The molecular formula is C22H22BBrF2N6OS2. The van der Waals surface area contributed by atoms with Gasteiger partial charge >= 0.3 is 0 Å². The van der Waals surface area contributed by atoms with Crippen LogP contribution in [0.2, 0.25) is 11.6 Å². The van der Waals surface area contributed by atoms with Gasteiger partial charge in [0, 0.05) is 29.2 Å². The minimum atomic E-state index is -1.08. The Morgan fingerprint density at radius 2 is 1.91 bits per heavy atom. The average molecular weight is 579 g/mol. The minimum Gasteiger partial charge on any atom is -0.384 e. The molecule has 1 N–H and O–H groups in total. The van der Waals surface area contributed by atoms with Crippen molar-refractivity contribution in [3.8, 4) is 17.1 Å². The number of halogens is 3. The van der Waals surface area contributed by atoms with E-state index in [1.165, 1.54) is 4.52 Å². The van der Waals surface area contributed by atoms with Crippen molar-refractivity contribution in [3.63, 3.8) is 0 Å². The Morgan fingerprint density at radius 1 is 1.23 bits per heavy atom. The number of nitriles is 1. The second-order valence-corrected chi connectivity index (χ2v) is 11.8. The summed E-state index contributed by atoms with van der Waals surface area (Å²) in [5.74, 6) is 3.36. The third-order valence-electron chi connectivity index (χ3n) is 7.23. The molecule has 0 amide bonds. The second-order valence-electron chi connectivity index (χ2n) is 9.74. The smallest absolute Gasteiger partial charge is 0.274 e. The van der Waals surface area contributed by atoms with Gasteiger partial charge in [-0.05, 0) is 60.3 Å². The van der Waals surface area contributed by atoms with E-state index in [1.807, 2.05) is 6.07 Å². The Morgan fingerprint density at radius 3 is 2.46 bits per heavy atom. The molecule has 13 heteroatoms. The molecule has 2 aliphatic heterocycles. The minimum absolute atomic E-state index is 0.0599. The maximum Gasteiger partial charge on any atom is 0.274 e. The topological polar surface area (TPSA) is 90.3 Å². The van der Waals surface area contributed by atoms with Crippen molar-refractivity contribution in [2.24, 2.45) is 0 Å². The average Bonchev–Trinajstić information content (AvgIpc) is 3.37. The molecule has 2 fully saturated rings. The number of hydrogen-bond acceptors (Lipinski definition) is 8.